The van der Waals surface area contributed by atoms with E-state index in [-0.39, 0.29) is 17.1 Å². The standard InChI is InChI=1S/C21H28FN3O3/c1-6-21(2)10-7-11-25(13-21)20(26)17-18(28-23-19(17)24(3)4)14-8-9-15(22)16(12-14)27-5/h8-9,12H,6-7,10-11,13H2,1-5H3. The van der Waals surface area contributed by atoms with E-state index in [1.807, 2.05) is 19.0 Å². The van der Waals surface area contributed by atoms with Gasteiger partial charge in [0.25, 0.3) is 5.91 Å². The number of halogens is 1. The van der Waals surface area contributed by atoms with Gasteiger partial charge in [-0.3, -0.25) is 4.79 Å². The molecule has 1 unspecified atom stereocenters. The third kappa shape index (κ3) is 3.70. The fraction of sp³-hybridized carbons (Fsp3) is 0.524. The van der Waals surface area contributed by atoms with Crippen LogP contribution in [0.1, 0.15) is 43.5 Å². The molecule has 152 valence electrons. The second-order valence-corrected chi connectivity index (χ2v) is 7.95. The van der Waals surface area contributed by atoms with Crippen LogP contribution in [0.15, 0.2) is 22.7 Å². The van der Waals surface area contributed by atoms with Crippen molar-refractivity contribution in [1.82, 2.24) is 10.1 Å². The van der Waals surface area contributed by atoms with Crippen LogP contribution in [0.3, 0.4) is 0 Å². The molecule has 0 bridgehead atoms. The van der Waals surface area contributed by atoms with Gasteiger partial charge in [0.15, 0.2) is 23.1 Å². The lowest BCUT2D eigenvalue weighted by Gasteiger charge is -2.40. The molecule has 1 aromatic heterocycles. The number of carbonyl (C=O) groups excluding carboxylic acids is 1. The van der Waals surface area contributed by atoms with E-state index in [0.717, 1.165) is 19.3 Å². The highest BCUT2D eigenvalue weighted by Gasteiger charge is 2.35. The molecule has 0 saturated carbocycles. The summed E-state index contributed by atoms with van der Waals surface area (Å²) in [7, 11) is 5.03. The zero-order valence-corrected chi connectivity index (χ0v) is 17.2. The summed E-state index contributed by atoms with van der Waals surface area (Å²) in [4.78, 5) is 17.1. The van der Waals surface area contributed by atoms with Gasteiger partial charge in [-0.05, 0) is 42.9 Å². The molecule has 6 nitrogen and oxygen atoms in total. The average molecular weight is 389 g/mol. The average Bonchev–Trinajstić information content (AvgIpc) is 3.13. The first-order chi connectivity index (χ1) is 13.3. The van der Waals surface area contributed by atoms with Crippen LogP contribution in [0, 0.1) is 11.2 Å². The number of likely N-dealkylation sites (tertiary alicyclic amines) is 1. The van der Waals surface area contributed by atoms with Crippen LogP contribution in [0.4, 0.5) is 10.2 Å². The molecule has 7 heteroatoms. The van der Waals surface area contributed by atoms with E-state index in [1.54, 1.807) is 11.0 Å². The Labute approximate surface area is 165 Å². The van der Waals surface area contributed by atoms with Crippen LogP contribution in [0.5, 0.6) is 5.75 Å². The first-order valence-corrected chi connectivity index (χ1v) is 9.60. The summed E-state index contributed by atoms with van der Waals surface area (Å²) >= 11 is 0. The Hall–Kier alpha value is -2.57. The van der Waals surface area contributed by atoms with Crippen molar-refractivity contribution in [3.8, 4) is 17.1 Å². The topological polar surface area (TPSA) is 58.8 Å². The molecule has 1 fully saturated rings. The fourth-order valence-corrected chi connectivity index (χ4v) is 3.71. The van der Waals surface area contributed by atoms with E-state index in [0.29, 0.717) is 35.8 Å². The summed E-state index contributed by atoms with van der Waals surface area (Å²) in [5.41, 5.74) is 1.07. The molecule has 1 aliphatic rings. The van der Waals surface area contributed by atoms with Gasteiger partial charge < -0.3 is 19.1 Å². The minimum Gasteiger partial charge on any atom is -0.494 e. The second kappa shape index (κ2) is 7.81. The van der Waals surface area contributed by atoms with E-state index < -0.39 is 5.82 Å². The predicted octanol–water partition coefficient (Wildman–Crippen LogP) is 4.21. The van der Waals surface area contributed by atoms with Crippen LogP contribution >= 0.6 is 0 Å². The van der Waals surface area contributed by atoms with Gasteiger partial charge in [0, 0.05) is 32.7 Å². The highest BCUT2D eigenvalue weighted by Crippen LogP contribution is 2.37. The van der Waals surface area contributed by atoms with E-state index in [4.69, 9.17) is 9.26 Å². The van der Waals surface area contributed by atoms with Crippen LogP contribution in [0.25, 0.3) is 11.3 Å². The summed E-state index contributed by atoms with van der Waals surface area (Å²) in [5, 5.41) is 4.11. The lowest BCUT2D eigenvalue weighted by Crippen LogP contribution is -2.44. The number of amides is 1. The zero-order valence-electron chi connectivity index (χ0n) is 17.2. The molecule has 1 aromatic carbocycles. The lowest BCUT2D eigenvalue weighted by atomic mass is 9.79. The number of carbonyl (C=O) groups is 1. The fourth-order valence-electron chi connectivity index (χ4n) is 3.71. The first-order valence-electron chi connectivity index (χ1n) is 9.60. The Morgan fingerprint density at radius 1 is 1.43 bits per heavy atom. The Morgan fingerprint density at radius 2 is 2.18 bits per heavy atom. The molecule has 28 heavy (non-hydrogen) atoms. The summed E-state index contributed by atoms with van der Waals surface area (Å²) in [6.07, 6.45) is 3.10. The third-order valence-corrected chi connectivity index (χ3v) is 5.65. The maximum absolute atomic E-state index is 13.8. The Morgan fingerprint density at radius 3 is 2.82 bits per heavy atom. The van der Waals surface area contributed by atoms with Gasteiger partial charge in [0.2, 0.25) is 0 Å². The first kappa shape index (κ1) is 20.2. The number of nitrogens with zero attached hydrogens (tertiary/aromatic N) is 3. The molecule has 0 spiro atoms. The number of aromatic nitrogens is 1. The molecule has 0 aliphatic carbocycles. The number of hydrogen-bond acceptors (Lipinski definition) is 5. The Bertz CT molecular complexity index is 865. The molecule has 2 heterocycles. The predicted molar refractivity (Wildman–Crippen MR) is 106 cm³/mol. The highest BCUT2D eigenvalue weighted by molar-refractivity contribution is 6.04. The molecule has 0 N–H and O–H groups in total. The van der Waals surface area contributed by atoms with Gasteiger partial charge in [-0.2, -0.15) is 0 Å². The molecular formula is C21H28FN3O3. The van der Waals surface area contributed by atoms with Crippen molar-refractivity contribution < 1.29 is 18.4 Å². The SMILES string of the molecule is CCC1(C)CCCN(C(=O)c2c(N(C)C)noc2-c2ccc(F)c(OC)c2)C1. The molecule has 3 rings (SSSR count). The molecule has 2 aromatic rings. The van der Waals surface area contributed by atoms with Crippen LogP contribution in [0.2, 0.25) is 0 Å². The summed E-state index contributed by atoms with van der Waals surface area (Å²) < 4.78 is 24.5. The van der Waals surface area contributed by atoms with Crippen molar-refractivity contribution in [3.05, 3.63) is 29.6 Å². The molecular weight excluding hydrogens is 361 g/mol. The van der Waals surface area contributed by atoms with Crippen LogP contribution in [-0.2, 0) is 0 Å². The Balaban J connectivity index is 2.04. The van der Waals surface area contributed by atoms with Gasteiger partial charge in [0.1, 0.15) is 5.56 Å². The number of anilines is 1. The number of hydrogen-bond donors (Lipinski definition) is 0. The second-order valence-electron chi connectivity index (χ2n) is 7.95. The lowest BCUT2D eigenvalue weighted by molar-refractivity contribution is 0.0543. The minimum atomic E-state index is -0.471. The number of ether oxygens (including phenoxy) is 1. The monoisotopic (exact) mass is 389 g/mol. The van der Waals surface area contributed by atoms with E-state index >= 15 is 0 Å². The van der Waals surface area contributed by atoms with Gasteiger partial charge in [-0.25, -0.2) is 4.39 Å². The molecule has 1 saturated heterocycles. The minimum absolute atomic E-state index is 0.0928. The van der Waals surface area contributed by atoms with Crippen molar-refractivity contribution >= 4 is 11.7 Å². The van der Waals surface area contributed by atoms with Crippen molar-refractivity contribution in [2.45, 2.75) is 33.1 Å². The van der Waals surface area contributed by atoms with E-state index in [9.17, 15) is 9.18 Å². The summed E-state index contributed by atoms with van der Waals surface area (Å²) in [6, 6.07) is 4.40. The van der Waals surface area contributed by atoms with Crippen molar-refractivity contribution in [1.29, 1.82) is 0 Å². The van der Waals surface area contributed by atoms with Crippen LogP contribution < -0.4 is 9.64 Å². The van der Waals surface area contributed by atoms with Gasteiger partial charge >= 0.3 is 0 Å². The smallest absolute Gasteiger partial charge is 0.261 e. The van der Waals surface area contributed by atoms with Gasteiger partial charge in [-0.1, -0.05) is 19.0 Å². The van der Waals surface area contributed by atoms with Gasteiger partial charge in [-0.15, -0.1) is 0 Å². The van der Waals surface area contributed by atoms with E-state index in [1.165, 1.54) is 19.2 Å². The molecule has 0 radical (unpaired) electrons. The van der Waals surface area contributed by atoms with Crippen molar-refractivity contribution in [2.75, 3.05) is 39.2 Å². The largest absolute Gasteiger partial charge is 0.494 e. The van der Waals surface area contributed by atoms with Crippen molar-refractivity contribution in [3.63, 3.8) is 0 Å². The zero-order chi connectivity index (χ0) is 20.5. The number of methoxy groups -OCH3 is 1. The number of piperidine rings is 1. The summed E-state index contributed by atoms with van der Waals surface area (Å²) in [5.74, 6) is 0.307. The van der Waals surface area contributed by atoms with Crippen molar-refractivity contribution in [2.24, 2.45) is 5.41 Å². The maximum Gasteiger partial charge on any atom is 0.261 e. The molecule has 1 aliphatic heterocycles. The molecule has 1 atom stereocenters. The maximum atomic E-state index is 13.8. The highest BCUT2D eigenvalue weighted by atomic mass is 19.1. The third-order valence-electron chi connectivity index (χ3n) is 5.65. The Kier molecular flexibility index (Phi) is 5.63. The number of rotatable bonds is 5. The quantitative estimate of drug-likeness (QED) is 0.767. The normalized spacial score (nSPS) is 19.6. The van der Waals surface area contributed by atoms with Gasteiger partial charge in [0.05, 0.1) is 7.11 Å². The summed E-state index contributed by atoms with van der Waals surface area (Å²) in [6.45, 7) is 5.79. The molecule has 1 amide bonds. The number of benzene rings is 1. The van der Waals surface area contributed by atoms with E-state index in [2.05, 4.69) is 19.0 Å². The van der Waals surface area contributed by atoms with Crippen LogP contribution in [-0.4, -0.2) is 50.3 Å².